The molecule has 35 heavy (non-hydrogen) atoms. The number of nitro groups is 1. The minimum absolute atomic E-state index is 0.0602. The van der Waals surface area contributed by atoms with Crippen LogP contribution >= 0.6 is 0 Å². The molecule has 1 rings (SSSR count). The molecule has 0 radical (unpaired) electrons. The maximum absolute atomic E-state index is 12.8. The Kier molecular flexibility index (Phi) is 13.1. The third-order valence-corrected chi connectivity index (χ3v) is 4.91. The van der Waals surface area contributed by atoms with Crippen molar-refractivity contribution < 1.29 is 29.4 Å². The molecule has 0 heterocycles. The van der Waals surface area contributed by atoms with Crippen molar-refractivity contribution in [3.05, 3.63) is 39.9 Å². The van der Waals surface area contributed by atoms with Crippen LogP contribution in [0, 0.1) is 16.0 Å². The molecular formula is C21H35BN6O7. The van der Waals surface area contributed by atoms with Gasteiger partial charge < -0.3 is 31.2 Å². The number of hydrazine groups is 1. The summed E-state index contributed by atoms with van der Waals surface area (Å²) in [5.74, 6) is -1.88. The molecule has 0 fully saturated rings. The minimum atomic E-state index is -1.77. The van der Waals surface area contributed by atoms with Gasteiger partial charge in [-0.15, -0.1) is 0 Å². The van der Waals surface area contributed by atoms with Crippen molar-refractivity contribution in [2.24, 2.45) is 16.6 Å². The second-order valence-corrected chi connectivity index (χ2v) is 8.34. The van der Waals surface area contributed by atoms with Gasteiger partial charge in [0.25, 0.3) is 11.9 Å². The summed E-state index contributed by atoms with van der Waals surface area (Å²) in [6.07, 6.45) is 1.56. The predicted molar refractivity (Wildman–Crippen MR) is 131 cm³/mol. The first kappa shape index (κ1) is 29.6. The van der Waals surface area contributed by atoms with E-state index in [2.05, 4.69) is 15.6 Å². The monoisotopic (exact) mass is 494 g/mol. The molecule has 2 amide bonds. The summed E-state index contributed by atoms with van der Waals surface area (Å²) in [5.41, 5.74) is 8.20. The lowest BCUT2D eigenvalue weighted by Crippen LogP contribution is -2.54. The number of carbonyl (C=O) groups is 2. The molecule has 0 unspecified atom stereocenters. The third-order valence-electron chi connectivity index (χ3n) is 4.91. The van der Waals surface area contributed by atoms with Crippen LogP contribution in [0.4, 0.5) is 0 Å². The van der Waals surface area contributed by atoms with Crippen LogP contribution in [0.15, 0.2) is 29.3 Å². The molecule has 0 spiro atoms. The number of rotatable bonds is 15. The Bertz CT molecular complexity index is 851. The fraction of sp³-hybridized carbons (Fsp3) is 0.571. The first-order valence-electron chi connectivity index (χ1n) is 11.4. The summed E-state index contributed by atoms with van der Waals surface area (Å²) in [6, 6.07) is 6.24. The lowest BCUT2D eigenvalue weighted by atomic mass is 9.75. The zero-order chi connectivity index (χ0) is 26.4. The number of hydrogen-bond donors (Lipinski definition) is 6. The molecular weight excluding hydrogens is 459 g/mol. The first-order chi connectivity index (χ1) is 16.5. The lowest BCUT2D eigenvalue weighted by molar-refractivity contribution is -0.525. The number of hydrogen-bond acceptors (Lipinski definition) is 8. The Balaban J connectivity index is 2.78. The van der Waals surface area contributed by atoms with Gasteiger partial charge in [0.05, 0.1) is 5.94 Å². The van der Waals surface area contributed by atoms with Crippen LogP contribution in [0.25, 0.3) is 0 Å². The molecule has 0 aliphatic heterocycles. The van der Waals surface area contributed by atoms with E-state index in [9.17, 15) is 29.8 Å². The van der Waals surface area contributed by atoms with Crippen molar-refractivity contribution in [2.45, 2.75) is 58.4 Å². The molecule has 0 aliphatic carbocycles. The minimum Gasteiger partial charge on any atom is -0.484 e. The summed E-state index contributed by atoms with van der Waals surface area (Å²) in [4.78, 5) is 39.5. The Labute approximate surface area is 204 Å². The van der Waals surface area contributed by atoms with Crippen LogP contribution < -0.4 is 26.5 Å². The van der Waals surface area contributed by atoms with Crippen LogP contribution in [0.5, 0.6) is 5.75 Å². The molecule has 0 bridgehead atoms. The number of amides is 2. The molecule has 13 nitrogen and oxygen atoms in total. The van der Waals surface area contributed by atoms with Gasteiger partial charge >= 0.3 is 7.12 Å². The van der Waals surface area contributed by atoms with E-state index in [0.717, 1.165) is 12.0 Å². The number of nitrogens with one attached hydrogen (secondary N) is 3. The van der Waals surface area contributed by atoms with Crippen LogP contribution in [-0.4, -0.2) is 65.1 Å². The van der Waals surface area contributed by atoms with Gasteiger partial charge in [0.2, 0.25) is 5.91 Å². The summed E-state index contributed by atoms with van der Waals surface area (Å²) in [7, 11) is -1.77. The number of carbonyl (C=O) groups excluding carboxylic acids is 2. The highest BCUT2D eigenvalue weighted by atomic mass is 16.7. The van der Waals surface area contributed by atoms with Gasteiger partial charge in [0.1, 0.15) is 11.8 Å². The standard InChI is InChI=1S/C21H35BN6O7/c1-4-15-7-9-16(10-8-15)35-13-19(29)25-17(6-5-11-24-21(23)27-28(33)34)20(30)26-18(22(31)32)12-14(2)3/h7-10,14,17-18,31-32H,4-6,11-13H2,1-3H3,(H,25,29)(H,26,30)(H3,23,24,27)/t17-,18-/m0/s1. The fourth-order valence-corrected chi connectivity index (χ4v) is 3.15. The van der Waals surface area contributed by atoms with Gasteiger partial charge in [0.15, 0.2) is 11.6 Å². The van der Waals surface area contributed by atoms with Crippen LogP contribution in [0.1, 0.15) is 45.6 Å². The summed E-state index contributed by atoms with van der Waals surface area (Å²) < 4.78 is 5.48. The second kappa shape index (κ2) is 15.5. The molecule has 0 saturated carbocycles. The van der Waals surface area contributed by atoms with Gasteiger partial charge in [0, 0.05) is 6.54 Å². The quantitative estimate of drug-likeness (QED) is 0.0465. The summed E-state index contributed by atoms with van der Waals surface area (Å²) >= 11 is 0. The topological polar surface area (TPSA) is 201 Å². The van der Waals surface area contributed by atoms with E-state index in [0.29, 0.717) is 12.2 Å². The van der Waals surface area contributed by atoms with Gasteiger partial charge in [-0.2, -0.15) is 0 Å². The predicted octanol–water partition coefficient (Wildman–Crippen LogP) is -0.468. The largest absolute Gasteiger partial charge is 0.484 e. The van der Waals surface area contributed by atoms with Crippen molar-refractivity contribution in [2.75, 3.05) is 13.2 Å². The molecule has 0 aromatic heterocycles. The maximum Gasteiger partial charge on any atom is 0.475 e. The maximum atomic E-state index is 12.8. The van der Waals surface area contributed by atoms with Crippen molar-refractivity contribution in [1.82, 2.24) is 16.1 Å². The van der Waals surface area contributed by atoms with Crippen LogP contribution in [0.2, 0.25) is 0 Å². The number of guanidine groups is 1. The highest BCUT2D eigenvalue weighted by Gasteiger charge is 2.29. The number of benzene rings is 1. The fourth-order valence-electron chi connectivity index (χ4n) is 3.15. The average Bonchev–Trinajstić information content (AvgIpc) is 2.78. The van der Waals surface area contributed by atoms with Crippen molar-refractivity contribution in [3.63, 3.8) is 0 Å². The van der Waals surface area contributed by atoms with E-state index in [1.54, 1.807) is 17.6 Å². The van der Waals surface area contributed by atoms with Crippen molar-refractivity contribution in [1.29, 1.82) is 0 Å². The second-order valence-electron chi connectivity index (χ2n) is 8.34. The molecule has 1 aromatic carbocycles. The highest BCUT2D eigenvalue weighted by Crippen LogP contribution is 2.12. The van der Waals surface area contributed by atoms with E-state index < -0.39 is 35.9 Å². The summed E-state index contributed by atoms with van der Waals surface area (Å²) in [5, 5.41) is 33.9. The molecule has 1 aromatic rings. The number of nitrogens with two attached hydrogens (primary N) is 1. The SMILES string of the molecule is CCc1ccc(OCC(=O)N[C@@H](CCCN=C(N)N[N+](=O)[O-])C(=O)N[C@@H](CC(C)C)B(O)O)cc1. The van der Waals surface area contributed by atoms with E-state index >= 15 is 0 Å². The normalized spacial score (nSPS) is 13.0. The molecule has 14 heteroatoms. The molecule has 194 valence electrons. The lowest BCUT2D eigenvalue weighted by Gasteiger charge is -2.24. The van der Waals surface area contributed by atoms with Gasteiger partial charge in [-0.05, 0) is 49.3 Å². The molecule has 0 saturated heterocycles. The van der Waals surface area contributed by atoms with E-state index in [1.165, 1.54) is 0 Å². The third kappa shape index (κ3) is 12.6. The number of aliphatic imine (C=N–C) groups is 1. The summed E-state index contributed by atoms with van der Waals surface area (Å²) in [6.45, 7) is 5.49. The van der Waals surface area contributed by atoms with E-state index in [1.807, 2.05) is 32.9 Å². The van der Waals surface area contributed by atoms with Gasteiger partial charge in [-0.1, -0.05) is 38.3 Å². The zero-order valence-electron chi connectivity index (χ0n) is 20.3. The number of aryl methyl sites for hydroxylation is 1. The van der Waals surface area contributed by atoms with Gasteiger partial charge in [-0.25, -0.2) is 15.1 Å². The first-order valence-corrected chi connectivity index (χ1v) is 11.4. The average molecular weight is 494 g/mol. The highest BCUT2D eigenvalue weighted by molar-refractivity contribution is 6.43. The smallest absolute Gasteiger partial charge is 0.475 e. The van der Waals surface area contributed by atoms with E-state index in [-0.39, 0.29) is 37.9 Å². The molecule has 2 atom stereocenters. The Hall–Kier alpha value is -3.39. The number of nitrogens with zero attached hydrogens (tertiary/aromatic N) is 2. The van der Waals surface area contributed by atoms with Crippen LogP contribution in [0.3, 0.4) is 0 Å². The Morgan fingerprint density at radius 1 is 1.23 bits per heavy atom. The van der Waals surface area contributed by atoms with E-state index in [4.69, 9.17) is 10.5 Å². The Morgan fingerprint density at radius 3 is 2.43 bits per heavy atom. The van der Waals surface area contributed by atoms with Gasteiger partial charge in [-0.3, -0.25) is 9.59 Å². The van der Waals surface area contributed by atoms with Crippen LogP contribution in [-0.2, 0) is 16.0 Å². The number of ether oxygens (including phenoxy) is 1. The van der Waals surface area contributed by atoms with Crippen molar-refractivity contribution >= 4 is 24.9 Å². The molecule has 7 N–H and O–H groups in total. The zero-order valence-corrected chi connectivity index (χ0v) is 20.3. The van der Waals surface area contributed by atoms with Crippen molar-refractivity contribution in [3.8, 4) is 5.75 Å². The molecule has 0 aliphatic rings. The Morgan fingerprint density at radius 2 is 1.89 bits per heavy atom.